The molecule has 3 N–H and O–H groups in total. The van der Waals surface area contributed by atoms with Crippen molar-refractivity contribution in [1.29, 1.82) is 0 Å². The highest BCUT2D eigenvalue weighted by molar-refractivity contribution is 5.93. The molecule has 0 radical (unpaired) electrons. The lowest BCUT2D eigenvalue weighted by Crippen LogP contribution is -2.57. The number of amides is 3. The van der Waals surface area contributed by atoms with Crippen LogP contribution in [0.4, 0.5) is 4.79 Å². The monoisotopic (exact) mass is 517 g/mol. The van der Waals surface area contributed by atoms with Crippen molar-refractivity contribution in [2.45, 2.75) is 124 Å². The first-order chi connectivity index (χ1) is 17.3. The molecule has 1 aromatic carbocycles. The largest absolute Gasteiger partial charge is 0.507 e. The van der Waals surface area contributed by atoms with Gasteiger partial charge in [-0.15, -0.1) is 0 Å². The van der Waals surface area contributed by atoms with Gasteiger partial charge in [0.2, 0.25) is 11.8 Å². The number of hydrogen-bond acceptors (Lipinski definition) is 5. The van der Waals surface area contributed by atoms with Gasteiger partial charge in [-0.3, -0.25) is 9.59 Å². The van der Waals surface area contributed by atoms with Gasteiger partial charge in [-0.05, 0) is 65.4 Å². The summed E-state index contributed by atoms with van der Waals surface area (Å²) in [5.74, 6) is -0.977. The molecule has 0 spiro atoms. The van der Waals surface area contributed by atoms with Crippen LogP contribution in [0, 0.1) is 12.8 Å². The van der Waals surface area contributed by atoms with Gasteiger partial charge in [-0.1, -0.05) is 58.2 Å². The van der Waals surface area contributed by atoms with Crippen molar-refractivity contribution < 1.29 is 24.2 Å². The Balaban J connectivity index is 2.54. The van der Waals surface area contributed by atoms with Crippen LogP contribution in [0.3, 0.4) is 0 Å². The predicted octanol–water partition coefficient (Wildman–Crippen LogP) is 5.37. The van der Waals surface area contributed by atoms with Crippen LogP contribution in [-0.4, -0.2) is 51.6 Å². The molecule has 0 bridgehead atoms. The smallest absolute Gasteiger partial charge is 0.408 e. The van der Waals surface area contributed by atoms with Crippen molar-refractivity contribution in [2.24, 2.45) is 5.92 Å². The van der Waals surface area contributed by atoms with Crippen LogP contribution in [-0.2, 0) is 14.3 Å². The predicted molar refractivity (Wildman–Crippen MR) is 145 cm³/mol. The minimum atomic E-state index is -1.05. The van der Waals surface area contributed by atoms with Gasteiger partial charge in [0.1, 0.15) is 23.4 Å². The maximum absolute atomic E-state index is 14.2. The number of alkyl carbamates (subject to hydrolysis) is 1. The van der Waals surface area contributed by atoms with E-state index in [0.29, 0.717) is 17.5 Å². The minimum Gasteiger partial charge on any atom is -0.507 e. The summed E-state index contributed by atoms with van der Waals surface area (Å²) in [6, 6.07) is 2.98. The van der Waals surface area contributed by atoms with Crippen LogP contribution >= 0.6 is 0 Å². The van der Waals surface area contributed by atoms with Crippen molar-refractivity contribution in [2.75, 3.05) is 0 Å². The molecule has 8 heteroatoms. The number of carbonyl (C=O) groups excluding carboxylic acids is 3. The van der Waals surface area contributed by atoms with Crippen LogP contribution in [0.5, 0.6) is 5.75 Å². The quantitative estimate of drug-likeness (QED) is 0.408. The fourth-order valence-electron chi connectivity index (χ4n) is 4.75. The molecule has 1 aromatic rings. The lowest BCUT2D eigenvalue weighted by atomic mass is 9.93. The molecule has 1 fully saturated rings. The molecule has 1 aliphatic carbocycles. The number of carbonyl (C=O) groups is 3. The number of para-hydroxylation sites is 1. The number of nitrogens with zero attached hydrogens (tertiary/aromatic N) is 1. The molecular formula is C29H47N3O5. The van der Waals surface area contributed by atoms with E-state index in [-0.39, 0.29) is 35.6 Å². The van der Waals surface area contributed by atoms with E-state index in [1.165, 1.54) is 4.90 Å². The number of benzene rings is 1. The SMILES string of the molecule is CCC(C)N(C(=O)C(NC(=O)OC(C)(C)C)C(C)C)C(C(=O)NC1CCCCC1)c1cccc(C)c1O. The average molecular weight is 518 g/mol. The number of phenolic OH excluding ortho intramolecular Hbond substituents is 1. The van der Waals surface area contributed by atoms with Gasteiger partial charge in [-0.25, -0.2) is 4.79 Å². The highest BCUT2D eigenvalue weighted by Crippen LogP contribution is 2.35. The normalized spacial score (nSPS) is 17.0. The summed E-state index contributed by atoms with van der Waals surface area (Å²) in [5.41, 5.74) is 0.277. The van der Waals surface area contributed by atoms with Gasteiger partial charge < -0.3 is 25.4 Å². The van der Waals surface area contributed by atoms with Crippen molar-refractivity contribution in [3.8, 4) is 5.75 Å². The zero-order chi connectivity index (χ0) is 27.9. The van der Waals surface area contributed by atoms with Gasteiger partial charge in [0.25, 0.3) is 0 Å². The molecule has 0 aromatic heterocycles. The molecule has 8 nitrogen and oxygen atoms in total. The van der Waals surface area contributed by atoms with E-state index in [0.717, 1.165) is 32.1 Å². The molecule has 0 aliphatic heterocycles. The third kappa shape index (κ3) is 8.37. The summed E-state index contributed by atoms with van der Waals surface area (Å²) >= 11 is 0. The van der Waals surface area contributed by atoms with Crippen molar-refractivity contribution >= 4 is 17.9 Å². The number of aromatic hydroxyl groups is 1. The Morgan fingerprint density at radius 2 is 1.73 bits per heavy atom. The summed E-state index contributed by atoms with van der Waals surface area (Å²) in [6.45, 7) is 14.6. The third-order valence-electron chi connectivity index (χ3n) is 6.97. The Morgan fingerprint density at radius 3 is 2.27 bits per heavy atom. The molecule has 208 valence electrons. The Labute approximate surface area is 222 Å². The maximum atomic E-state index is 14.2. The number of phenols is 1. The molecule has 1 saturated carbocycles. The fraction of sp³-hybridized carbons (Fsp3) is 0.690. The molecule has 0 heterocycles. The Bertz CT molecular complexity index is 934. The average Bonchev–Trinajstić information content (AvgIpc) is 2.81. The summed E-state index contributed by atoms with van der Waals surface area (Å²) in [7, 11) is 0. The zero-order valence-electron chi connectivity index (χ0n) is 23.9. The topological polar surface area (TPSA) is 108 Å². The van der Waals surface area contributed by atoms with E-state index in [1.54, 1.807) is 45.9 Å². The zero-order valence-corrected chi connectivity index (χ0v) is 23.9. The van der Waals surface area contributed by atoms with E-state index in [9.17, 15) is 19.5 Å². The minimum absolute atomic E-state index is 0.00593. The molecular weight excluding hydrogens is 470 g/mol. The number of hydrogen-bond donors (Lipinski definition) is 3. The second kappa shape index (κ2) is 13.2. The van der Waals surface area contributed by atoms with Gasteiger partial charge in [0.05, 0.1) is 0 Å². The fourth-order valence-corrected chi connectivity index (χ4v) is 4.75. The first kappa shape index (κ1) is 30.5. The number of aryl methyl sites for hydroxylation is 1. The second-order valence-electron chi connectivity index (χ2n) is 11.6. The standard InChI is InChI=1S/C29H47N3O5/c1-9-20(5)32(27(35)23(18(2)3)31-28(36)37-29(6,7)8)24(22-17-13-14-19(4)25(22)33)26(34)30-21-15-11-10-12-16-21/h13-14,17-18,20-21,23-24,33H,9-12,15-16H2,1-8H3,(H,30,34)(H,31,36). The Morgan fingerprint density at radius 1 is 1.11 bits per heavy atom. The highest BCUT2D eigenvalue weighted by atomic mass is 16.6. The second-order valence-corrected chi connectivity index (χ2v) is 11.6. The summed E-state index contributed by atoms with van der Waals surface area (Å²) in [6.07, 6.45) is 4.93. The number of nitrogens with one attached hydrogen (secondary N) is 2. The van der Waals surface area contributed by atoms with Gasteiger partial charge >= 0.3 is 6.09 Å². The number of rotatable bonds is 9. The van der Waals surface area contributed by atoms with Crippen molar-refractivity contribution in [3.05, 3.63) is 29.3 Å². The molecule has 2 rings (SSSR count). The van der Waals surface area contributed by atoms with E-state index < -0.39 is 23.8 Å². The van der Waals surface area contributed by atoms with Crippen molar-refractivity contribution in [1.82, 2.24) is 15.5 Å². The first-order valence-electron chi connectivity index (χ1n) is 13.7. The lowest BCUT2D eigenvalue weighted by molar-refractivity contribution is -0.146. The molecule has 3 amide bonds. The van der Waals surface area contributed by atoms with Crippen molar-refractivity contribution in [3.63, 3.8) is 0 Å². The van der Waals surface area contributed by atoms with Crippen LogP contribution < -0.4 is 10.6 Å². The first-order valence-corrected chi connectivity index (χ1v) is 13.7. The molecule has 0 saturated heterocycles. The van der Waals surface area contributed by atoms with E-state index in [4.69, 9.17) is 4.74 Å². The van der Waals surface area contributed by atoms with Gasteiger partial charge in [-0.2, -0.15) is 0 Å². The maximum Gasteiger partial charge on any atom is 0.408 e. The van der Waals surface area contributed by atoms with Crippen LogP contribution in [0.2, 0.25) is 0 Å². The summed E-state index contributed by atoms with van der Waals surface area (Å²) in [4.78, 5) is 42.3. The highest BCUT2D eigenvalue weighted by Gasteiger charge is 2.41. The Kier molecular flexibility index (Phi) is 10.8. The summed E-state index contributed by atoms with van der Waals surface area (Å²) in [5, 5.41) is 16.9. The van der Waals surface area contributed by atoms with Crippen LogP contribution in [0.1, 0.15) is 104 Å². The molecule has 3 atom stereocenters. The van der Waals surface area contributed by atoms with Crippen LogP contribution in [0.15, 0.2) is 18.2 Å². The lowest BCUT2D eigenvalue weighted by Gasteiger charge is -2.40. The van der Waals surface area contributed by atoms with E-state index in [2.05, 4.69) is 10.6 Å². The third-order valence-corrected chi connectivity index (χ3v) is 6.97. The van der Waals surface area contributed by atoms with Crippen LogP contribution in [0.25, 0.3) is 0 Å². The van der Waals surface area contributed by atoms with Gasteiger partial charge in [0.15, 0.2) is 0 Å². The summed E-state index contributed by atoms with van der Waals surface area (Å²) < 4.78 is 5.42. The number of ether oxygens (including phenoxy) is 1. The van der Waals surface area contributed by atoms with E-state index in [1.807, 2.05) is 27.7 Å². The van der Waals surface area contributed by atoms with Gasteiger partial charge in [0, 0.05) is 17.6 Å². The molecule has 3 unspecified atom stereocenters. The molecule has 1 aliphatic rings. The molecule has 37 heavy (non-hydrogen) atoms. The Hall–Kier alpha value is -2.77. The van der Waals surface area contributed by atoms with E-state index >= 15 is 0 Å².